The van der Waals surface area contributed by atoms with Crippen molar-refractivity contribution in [2.24, 2.45) is 5.92 Å². The van der Waals surface area contributed by atoms with Gasteiger partial charge in [-0.1, -0.05) is 46.5 Å². The molecular formula is C15H28N2O2. The van der Waals surface area contributed by atoms with Crippen LogP contribution < -0.4 is 5.32 Å². The molecule has 1 saturated heterocycles. The summed E-state index contributed by atoms with van der Waals surface area (Å²) >= 11 is 0. The molecule has 19 heavy (non-hydrogen) atoms. The van der Waals surface area contributed by atoms with Gasteiger partial charge in [0.05, 0.1) is 6.54 Å². The minimum atomic E-state index is -0.296. The van der Waals surface area contributed by atoms with Crippen LogP contribution in [0.15, 0.2) is 0 Å². The van der Waals surface area contributed by atoms with Crippen molar-refractivity contribution in [1.29, 1.82) is 0 Å². The Morgan fingerprint density at radius 1 is 1.26 bits per heavy atom. The predicted molar refractivity (Wildman–Crippen MR) is 76.7 cm³/mol. The maximum Gasteiger partial charge on any atom is 0.245 e. The first-order valence-electron chi connectivity index (χ1n) is 7.70. The summed E-state index contributed by atoms with van der Waals surface area (Å²) < 4.78 is 0. The first-order valence-corrected chi connectivity index (χ1v) is 7.70. The molecule has 0 aromatic heterocycles. The lowest BCUT2D eigenvalue weighted by Gasteiger charge is -2.34. The lowest BCUT2D eigenvalue weighted by molar-refractivity contribution is -0.145. The summed E-state index contributed by atoms with van der Waals surface area (Å²) in [5, 5.41) is 2.80. The van der Waals surface area contributed by atoms with Crippen LogP contribution in [0.1, 0.15) is 59.3 Å². The average Bonchev–Trinajstić information content (AvgIpc) is 2.39. The predicted octanol–water partition coefficient (Wildman–Crippen LogP) is 2.33. The Balaban J connectivity index is 2.58. The lowest BCUT2D eigenvalue weighted by Crippen LogP contribution is -2.58. The van der Waals surface area contributed by atoms with E-state index in [2.05, 4.69) is 19.2 Å². The summed E-state index contributed by atoms with van der Waals surface area (Å²) in [6.45, 7) is 7.36. The summed E-state index contributed by atoms with van der Waals surface area (Å²) in [7, 11) is 0. The third-order valence-corrected chi connectivity index (χ3v) is 3.88. The molecule has 1 rings (SSSR count). The van der Waals surface area contributed by atoms with Gasteiger partial charge in [0, 0.05) is 6.54 Å². The van der Waals surface area contributed by atoms with Crippen LogP contribution in [0, 0.1) is 5.92 Å². The number of unbranched alkanes of at least 4 members (excludes halogenated alkanes) is 1. The zero-order valence-corrected chi connectivity index (χ0v) is 12.6. The van der Waals surface area contributed by atoms with E-state index >= 15 is 0 Å². The summed E-state index contributed by atoms with van der Waals surface area (Å²) in [5.41, 5.74) is 0. The number of amides is 2. The maximum absolute atomic E-state index is 12.3. The molecule has 1 fully saturated rings. The number of piperazine rings is 1. The highest BCUT2D eigenvalue weighted by Crippen LogP contribution is 2.17. The Morgan fingerprint density at radius 3 is 2.58 bits per heavy atom. The van der Waals surface area contributed by atoms with E-state index in [0.717, 1.165) is 32.2 Å². The number of hydrogen-bond acceptors (Lipinski definition) is 2. The fourth-order valence-corrected chi connectivity index (χ4v) is 2.64. The molecule has 0 aliphatic carbocycles. The van der Waals surface area contributed by atoms with Crippen molar-refractivity contribution in [2.75, 3.05) is 13.1 Å². The van der Waals surface area contributed by atoms with Crippen LogP contribution in [0.5, 0.6) is 0 Å². The SMILES string of the molecule is CCCCC(CC)CN1CC(=O)NC(CCC)C1=O. The zero-order valence-electron chi connectivity index (χ0n) is 12.6. The quantitative estimate of drug-likeness (QED) is 0.734. The summed E-state index contributed by atoms with van der Waals surface area (Å²) in [6, 6.07) is -0.296. The van der Waals surface area contributed by atoms with Crippen molar-refractivity contribution in [1.82, 2.24) is 10.2 Å². The monoisotopic (exact) mass is 268 g/mol. The van der Waals surface area contributed by atoms with Gasteiger partial charge in [-0.25, -0.2) is 0 Å². The van der Waals surface area contributed by atoms with Gasteiger partial charge in [-0.2, -0.15) is 0 Å². The van der Waals surface area contributed by atoms with Gasteiger partial charge in [0.25, 0.3) is 0 Å². The largest absolute Gasteiger partial charge is 0.343 e. The van der Waals surface area contributed by atoms with Crippen LogP contribution in [0.3, 0.4) is 0 Å². The highest BCUT2D eigenvalue weighted by molar-refractivity contribution is 5.94. The van der Waals surface area contributed by atoms with Crippen LogP contribution in [0.2, 0.25) is 0 Å². The van der Waals surface area contributed by atoms with Gasteiger partial charge in [-0.05, 0) is 18.8 Å². The minimum absolute atomic E-state index is 0.0107. The molecule has 2 amide bonds. The summed E-state index contributed by atoms with van der Waals surface area (Å²) in [5.74, 6) is 0.622. The zero-order chi connectivity index (χ0) is 14.3. The van der Waals surface area contributed by atoms with Crippen molar-refractivity contribution in [2.45, 2.75) is 65.3 Å². The smallest absolute Gasteiger partial charge is 0.245 e. The molecule has 0 aromatic carbocycles. The van der Waals surface area contributed by atoms with Gasteiger partial charge in [-0.15, -0.1) is 0 Å². The third kappa shape index (κ3) is 4.84. The first-order chi connectivity index (χ1) is 9.12. The lowest BCUT2D eigenvalue weighted by atomic mass is 9.97. The van der Waals surface area contributed by atoms with Crippen LogP contribution in [-0.4, -0.2) is 35.8 Å². The fourth-order valence-electron chi connectivity index (χ4n) is 2.64. The highest BCUT2D eigenvalue weighted by atomic mass is 16.2. The van der Waals surface area contributed by atoms with E-state index in [9.17, 15) is 9.59 Å². The normalized spacial score (nSPS) is 21.4. The van der Waals surface area contributed by atoms with Crippen LogP contribution >= 0.6 is 0 Å². The van der Waals surface area contributed by atoms with Crippen molar-refractivity contribution in [3.05, 3.63) is 0 Å². The van der Waals surface area contributed by atoms with Crippen molar-refractivity contribution in [3.63, 3.8) is 0 Å². The molecule has 0 aromatic rings. The molecule has 2 unspecified atom stereocenters. The third-order valence-electron chi connectivity index (χ3n) is 3.88. The van der Waals surface area contributed by atoms with E-state index in [0.29, 0.717) is 5.92 Å². The second-order valence-corrected chi connectivity index (χ2v) is 5.54. The number of carbonyl (C=O) groups excluding carboxylic acids is 2. The molecule has 110 valence electrons. The molecule has 1 heterocycles. The molecule has 0 radical (unpaired) electrons. The van der Waals surface area contributed by atoms with Gasteiger partial charge >= 0.3 is 0 Å². The Hall–Kier alpha value is -1.06. The second-order valence-electron chi connectivity index (χ2n) is 5.54. The molecule has 1 N–H and O–H groups in total. The maximum atomic E-state index is 12.3. The van der Waals surface area contributed by atoms with E-state index in [1.54, 1.807) is 4.90 Å². The number of carbonyl (C=O) groups is 2. The second kappa shape index (κ2) is 8.18. The topological polar surface area (TPSA) is 49.4 Å². The average molecular weight is 268 g/mol. The minimum Gasteiger partial charge on any atom is -0.343 e. The standard InChI is InChI=1S/C15H28N2O2/c1-4-7-9-12(6-3)10-17-11-14(18)16-13(8-5-2)15(17)19/h12-13H,4-11H2,1-3H3,(H,16,18). The van der Waals surface area contributed by atoms with E-state index in [1.165, 1.54) is 12.8 Å². The Labute approximate surface area is 116 Å². The van der Waals surface area contributed by atoms with Gasteiger partial charge in [0.1, 0.15) is 6.04 Å². The molecule has 2 atom stereocenters. The molecule has 0 spiro atoms. The Kier molecular flexibility index (Phi) is 6.89. The Morgan fingerprint density at radius 2 is 2.00 bits per heavy atom. The fraction of sp³-hybridized carbons (Fsp3) is 0.867. The van der Waals surface area contributed by atoms with Crippen molar-refractivity contribution in [3.8, 4) is 0 Å². The first kappa shape index (κ1) is 16.0. The molecule has 4 nitrogen and oxygen atoms in total. The van der Waals surface area contributed by atoms with Gasteiger partial charge < -0.3 is 10.2 Å². The van der Waals surface area contributed by atoms with Gasteiger partial charge in [-0.3, -0.25) is 9.59 Å². The molecule has 4 heteroatoms. The van der Waals surface area contributed by atoms with Gasteiger partial charge in [0.15, 0.2) is 0 Å². The van der Waals surface area contributed by atoms with Crippen LogP contribution in [0.4, 0.5) is 0 Å². The number of nitrogens with one attached hydrogen (secondary N) is 1. The van der Waals surface area contributed by atoms with E-state index in [-0.39, 0.29) is 24.4 Å². The molecular weight excluding hydrogens is 240 g/mol. The van der Waals surface area contributed by atoms with Crippen LogP contribution in [-0.2, 0) is 9.59 Å². The van der Waals surface area contributed by atoms with Gasteiger partial charge in [0.2, 0.25) is 11.8 Å². The van der Waals surface area contributed by atoms with E-state index in [1.807, 2.05) is 6.92 Å². The van der Waals surface area contributed by atoms with Crippen molar-refractivity contribution >= 4 is 11.8 Å². The van der Waals surface area contributed by atoms with E-state index in [4.69, 9.17) is 0 Å². The molecule has 0 saturated carbocycles. The number of nitrogens with zero attached hydrogens (tertiary/aromatic N) is 1. The molecule has 1 aliphatic rings. The van der Waals surface area contributed by atoms with E-state index < -0.39 is 0 Å². The van der Waals surface area contributed by atoms with Crippen LogP contribution in [0.25, 0.3) is 0 Å². The number of rotatable bonds is 8. The number of hydrogen-bond donors (Lipinski definition) is 1. The highest BCUT2D eigenvalue weighted by Gasteiger charge is 2.32. The molecule has 0 bridgehead atoms. The van der Waals surface area contributed by atoms with Crippen molar-refractivity contribution < 1.29 is 9.59 Å². The summed E-state index contributed by atoms with van der Waals surface area (Å²) in [4.78, 5) is 25.7. The Bertz CT molecular complexity index is 305. The molecule has 1 aliphatic heterocycles. The summed E-state index contributed by atoms with van der Waals surface area (Å²) in [6.07, 6.45) is 6.26.